The van der Waals surface area contributed by atoms with Gasteiger partial charge in [-0.2, -0.15) is 0 Å². The predicted molar refractivity (Wildman–Crippen MR) is 39.9 cm³/mol. The maximum absolute atomic E-state index is 10.8. The van der Waals surface area contributed by atoms with Gasteiger partial charge >= 0.3 is 0 Å². The Bertz CT molecular complexity index is 249. The lowest BCUT2D eigenvalue weighted by atomic mass is 10.3. The lowest BCUT2D eigenvalue weighted by Gasteiger charge is -1.98. The number of pyridine rings is 1. The minimum atomic E-state index is -2.52. The molecule has 0 aromatic carbocycles. The third-order valence-corrected chi connectivity index (χ3v) is 1.71. The molecule has 0 amide bonds. The molecule has 1 heterocycles. The fourth-order valence-corrected chi connectivity index (χ4v) is 0.968. The van der Waals surface area contributed by atoms with Crippen molar-refractivity contribution in [2.45, 2.75) is 0 Å². The number of hydrogen-bond donors (Lipinski definition) is 2. The lowest BCUT2D eigenvalue weighted by Crippen LogP contribution is -1.95. The Hall–Kier alpha value is -0.830. The highest BCUT2D eigenvalue weighted by atomic mass is 31.2. The molecule has 0 aliphatic rings. The third kappa shape index (κ3) is 2.05. The van der Waals surface area contributed by atoms with Crippen molar-refractivity contribution in [1.29, 1.82) is 0 Å². The van der Waals surface area contributed by atoms with Gasteiger partial charge in [-0.1, -0.05) is 0 Å². The maximum atomic E-state index is 10.8. The molecule has 5 heteroatoms. The van der Waals surface area contributed by atoms with Crippen molar-refractivity contribution >= 4 is 13.9 Å². The Kier molecular flexibility index (Phi) is 2.65. The molecule has 0 saturated heterocycles. The van der Waals surface area contributed by atoms with Crippen molar-refractivity contribution in [2.75, 3.05) is 0 Å². The zero-order valence-corrected chi connectivity index (χ0v) is 6.40. The van der Waals surface area contributed by atoms with Gasteiger partial charge in [-0.3, -0.25) is 9.78 Å². The highest BCUT2D eigenvalue weighted by Crippen LogP contribution is 2.28. The van der Waals surface area contributed by atoms with Crippen molar-refractivity contribution in [3.8, 4) is 0 Å². The molecule has 0 unspecified atom stereocenters. The molecule has 11 heavy (non-hydrogen) atoms. The van der Waals surface area contributed by atoms with E-state index in [4.69, 9.17) is 9.79 Å². The fraction of sp³-hybridized carbons (Fsp3) is 0. The molecule has 0 spiro atoms. The summed E-state index contributed by atoms with van der Waals surface area (Å²) in [5.41, 5.74) is -0.447. The Labute approximate surface area is 64.4 Å². The first kappa shape index (κ1) is 8.27. The summed E-state index contributed by atoms with van der Waals surface area (Å²) < 4.78 is 0. The van der Waals surface area contributed by atoms with Gasteiger partial charge in [0.25, 0.3) is 0 Å². The highest BCUT2D eigenvalue weighted by molar-refractivity contribution is 7.65. The molecule has 0 aliphatic carbocycles. The number of aromatic nitrogens is 1. The standard InChI is InChI=1S/C6H6NO3P/c8-6(11(9)10)5-2-1-3-7-4-5/h1-4,9-10H. The molecule has 0 fully saturated rings. The van der Waals surface area contributed by atoms with Crippen LogP contribution < -0.4 is 0 Å². The summed E-state index contributed by atoms with van der Waals surface area (Å²) in [6.07, 6.45) is 2.80. The maximum Gasteiger partial charge on any atom is 0.243 e. The number of hydrogen-bond acceptors (Lipinski definition) is 4. The van der Waals surface area contributed by atoms with Crippen molar-refractivity contribution in [3.63, 3.8) is 0 Å². The van der Waals surface area contributed by atoms with Crippen LogP contribution in [0.1, 0.15) is 10.4 Å². The van der Waals surface area contributed by atoms with E-state index in [-0.39, 0.29) is 5.56 Å². The molecule has 0 radical (unpaired) electrons. The van der Waals surface area contributed by atoms with E-state index in [1.54, 1.807) is 6.07 Å². The molecule has 2 N–H and O–H groups in total. The Morgan fingerprint density at radius 1 is 1.55 bits per heavy atom. The molecule has 1 aromatic rings. The topological polar surface area (TPSA) is 70.4 Å². The average Bonchev–Trinajstić information content (AvgIpc) is 2.05. The number of rotatable bonds is 2. The zero-order valence-electron chi connectivity index (χ0n) is 5.51. The minimum Gasteiger partial charge on any atom is -0.344 e. The summed E-state index contributed by atoms with van der Waals surface area (Å²) in [6.45, 7) is 0. The van der Waals surface area contributed by atoms with Gasteiger partial charge in [0.15, 0.2) is 0 Å². The van der Waals surface area contributed by atoms with E-state index < -0.39 is 13.9 Å². The first-order valence-corrected chi connectivity index (χ1v) is 4.09. The van der Waals surface area contributed by atoms with Crippen LogP contribution in [0.4, 0.5) is 0 Å². The molecule has 1 rings (SSSR count). The van der Waals surface area contributed by atoms with Crippen LogP contribution in [0.3, 0.4) is 0 Å². The molecule has 1 aromatic heterocycles. The van der Waals surface area contributed by atoms with Crippen molar-refractivity contribution in [1.82, 2.24) is 4.98 Å². The third-order valence-electron chi connectivity index (χ3n) is 1.09. The van der Waals surface area contributed by atoms with Gasteiger partial charge in [-0.05, 0) is 12.1 Å². The van der Waals surface area contributed by atoms with Crippen LogP contribution in [0.2, 0.25) is 0 Å². The molecule has 0 bridgehead atoms. The summed E-state index contributed by atoms with van der Waals surface area (Å²) in [6, 6.07) is 3.04. The van der Waals surface area contributed by atoms with Gasteiger partial charge in [0.1, 0.15) is 0 Å². The smallest absolute Gasteiger partial charge is 0.243 e. The lowest BCUT2D eigenvalue weighted by molar-refractivity contribution is 0.106. The first-order valence-electron chi connectivity index (χ1n) is 2.84. The normalized spacial score (nSPS) is 10.1. The monoisotopic (exact) mass is 171 g/mol. The second-order valence-electron chi connectivity index (χ2n) is 1.84. The number of nitrogens with zero attached hydrogens (tertiary/aromatic N) is 1. The Balaban J connectivity index is 2.86. The molecule has 0 aliphatic heterocycles. The van der Waals surface area contributed by atoms with Gasteiger partial charge in [0.05, 0.1) is 0 Å². The van der Waals surface area contributed by atoms with Crippen molar-refractivity contribution in [3.05, 3.63) is 30.1 Å². The zero-order chi connectivity index (χ0) is 8.27. The van der Waals surface area contributed by atoms with E-state index in [1.165, 1.54) is 18.5 Å². The molecule has 0 saturated carbocycles. The van der Waals surface area contributed by atoms with Crippen LogP contribution >= 0.6 is 8.38 Å². The van der Waals surface area contributed by atoms with E-state index in [0.29, 0.717) is 0 Å². The summed E-state index contributed by atoms with van der Waals surface area (Å²) in [5, 5.41) is 0. The van der Waals surface area contributed by atoms with Gasteiger partial charge in [-0.15, -0.1) is 0 Å². The van der Waals surface area contributed by atoms with E-state index >= 15 is 0 Å². The molecule has 0 atom stereocenters. The number of carbonyl (C=O) groups excluding carboxylic acids is 1. The predicted octanol–water partition coefficient (Wildman–Crippen LogP) is 0.518. The van der Waals surface area contributed by atoms with Crippen LogP contribution in [-0.4, -0.2) is 20.3 Å². The van der Waals surface area contributed by atoms with Crippen LogP contribution in [0.5, 0.6) is 0 Å². The van der Waals surface area contributed by atoms with Crippen LogP contribution in [0.25, 0.3) is 0 Å². The van der Waals surface area contributed by atoms with Gasteiger partial charge in [-0.25, -0.2) is 0 Å². The Morgan fingerprint density at radius 3 is 2.73 bits per heavy atom. The summed E-state index contributed by atoms with van der Waals surface area (Å²) >= 11 is 0. The van der Waals surface area contributed by atoms with E-state index in [1.807, 2.05) is 0 Å². The van der Waals surface area contributed by atoms with Gasteiger partial charge in [0, 0.05) is 18.0 Å². The van der Waals surface area contributed by atoms with Crippen LogP contribution in [0.15, 0.2) is 24.5 Å². The second kappa shape index (κ2) is 3.53. The molecule has 58 valence electrons. The molecular formula is C6H6NO3P. The summed E-state index contributed by atoms with van der Waals surface area (Å²) in [7, 11) is -2.52. The van der Waals surface area contributed by atoms with E-state index in [0.717, 1.165) is 0 Å². The fourth-order valence-electron chi connectivity index (χ4n) is 0.605. The van der Waals surface area contributed by atoms with Gasteiger partial charge < -0.3 is 9.79 Å². The number of carbonyl (C=O) groups is 1. The van der Waals surface area contributed by atoms with E-state index in [9.17, 15) is 4.79 Å². The van der Waals surface area contributed by atoms with Crippen LogP contribution in [0, 0.1) is 0 Å². The Morgan fingerprint density at radius 2 is 2.27 bits per heavy atom. The first-order chi connectivity index (χ1) is 5.22. The quantitative estimate of drug-likeness (QED) is 0.636. The summed E-state index contributed by atoms with van der Waals surface area (Å²) in [4.78, 5) is 31.5. The highest BCUT2D eigenvalue weighted by Gasteiger charge is 2.14. The SMILES string of the molecule is O=C(c1cccnc1)P(O)O. The summed E-state index contributed by atoms with van der Waals surface area (Å²) in [5.74, 6) is 0. The minimum absolute atomic E-state index is 0.226. The van der Waals surface area contributed by atoms with Crippen molar-refractivity contribution < 1.29 is 14.6 Å². The average molecular weight is 171 g/mol. The second-order valence-corrected chi connectivity index (χ2v) is 2.82. The van der Waals surface area contributed by atoms with Gasteiger partial charge in [0.2, 0.25) is 13.9 Å². The van der Waals surface area contributed by atoms with Crippen LogP contribution in [-0.2, 0) is 0 Å². The molecular weight excluding hydrogens is 165 g/mol. The molecule has 4 nitrogen and oxygen atoms in total. The largest absolute Gasteiger partial charge is 0.344 e. The van der Waals surface area contributed by atoms with Crippen molar-refractivity contribution in [2.24, 2.45) is 0 Å². The van der Waals surface area contributed by atoms with E-state index in [2.05, 4.69) is 4.98 Å².